The van der Waals surface area contributed by atoms with E-state index < -0.39 is 0 Å². The number of hydrogen-bond donors (Lipinski definition) is 1. The van der Waals surface area contributed by atoms with E-state index in [0.29, 0.717) is 0 Å². The van der Waals surface area contributed by atoms with E-state index in [4.69, 9.17) is 4.42 Å². The number of furan rings is 1. The third kappa shape index (κ3) is 3.34. The van der Waals surface area contributed by atoms with Crippen molar-refractivity contribution in [1.82, 2.24) is 5.32 Å². The molecule has 0 aliphatic rings. The van der Waals surface area contributed by atoms with Crippen molar-refractivity contribution in [3.05, 3.63) is 36.1 Å². The Hall–Kier alpha value is -1.28. The van der Waals surface area contributed by atoms with Gasteiger partial charge in [-0.3, -0.25) is 0 Å². The first-order chi connectivity index (χ1) is 8.42. The van der Waals surface area contributed by atoms with E-state index in [1.807, 2.05) is 18.4 Å². The van der Waals surface area contributed by atoms with Gasteiger partial charge in [0.25, 0.3) is 0 Å². The molecule has 0 spiro atoms. The fourth-order valence-corrected chi connectivity index (χ4v) is 2.07. The van der Waals surface area contributed by atoms with Crippen LogP contribution in [0.1, 0.15) is 38.2 Å². The van der Waals surface area contributed by atoms with Crippen LogP contribution in [-0.2, 0) is 6.54 Å². The summed E-state index contributed by atoms with van der Waals surface area (Å²) >= 11 is 0. The summed E-state index contributed by atoms with van der Waals surface area (Å²) in [5, 5.41) is 4.71. The van der Waals surface area contributed by atoms with Crippen LogP contribution in [0.4, 0.5) is 0 Å². The molecule has 2 nitrogen and oxygen atoms in total. The van der Waals surface area contributed by atoms with E-state index in [1.54, 1.807) is 0 Å². The molecule has 1 aromatic heterocycles. The van der Waals surface area contributed by atoms with E-state index in [2.05, 4.69) is 24.4 Å². The van der Waals surface area contributed by atoms with Gasteiger partial charge >= 0.3 is 0 Å². The topological polar surface area (TPSA) is 25.2 Å². The molecule has 2 heteroatoms. The number of rotatable bonds is 7. The number of unbranched alkanes of at least 4 members (excludes halogenated alkanes) is 3. The lowest BCUT2D eigenvalue weighted by Crippen LogP contribution is -2.14. The van der Waals surface area contributed by atoms with Crippen LogP contribution in [0.2, 0.25) is 0 Å². The highest BCUT2D eigenvalue weighted by atomic mass is 16.3. The van der Waals surface area contributed by atoms with Gasteiger partial charge in [-0.15, -0.1) is 0 Å². The summed E-state index contributed by atoms with van der Waals surface area (Å²) in [5.41, 5.74) is 2.24. The highest BCUT2D eigenvalue weighted by molar-refractivity contribution is 5.80. The van der Waals surface area contributed by atoms with Crippen LogP contribution in [0.5, 0.6) is 0 Å². The van der Waals surface area contributed by atoms with Crippen LogP contribution in [0.3, 0.4) is 0 Å². The van der Waals surface area contributed by atoms with Gasteiger partial charge in [-0.2, -0.15) is 0 Å². The zero-order chi connectivity index (χ0) is 11.9. The van der Waals surface area contributed by atoms with E-state index in [9.17, 15) is 0 Å². The first-order valence-electron chi connectivity index (χ1n) is 6.57. The van der Waals surface area contributed by atoms with E-state index in [-0.39, 0.29) is 0 Å². The Labute approximate surface area is 103 Å². The molecule has 1 N–H and O–H groups in total. The fraction of sp³-hybridized carbons (Fsp3) is 0.467. The third-order valence-corrected chi connectivity index (χ3v) is 3.08. The van der Waals surface area contributed by atoms with Crippen LogP contribution in [-0.4, -0.2) is 6.54 Å². The first kappa shape index (κ1) is 12.2. The summed E-state index contributed by atoms with van der Waals surface area (Å²) in [4.78, 5) is 0. The Bertz CT molecular complexity index is 447. The number of hydrogen-bond acceptors (Lipinski definition) is 2. The molecule has 0 radical (unpaired) electrons. The molecule has 17 heavy (non-hydrogen) atoms. The second kappa shape index (κ2) is 6.45. The Morgan fingerprint density at radius 3 is 2.88 bits per heavy atom. The predicted octanol–water partition coefficient (Wildman–Crippen LogP) is 4.10. The minimum absolute atomic E-state index is 0.906. The van der Waals surface area contributed by atoms with Crippen LogP contribution < -0.4 is 5.32 Å². The summed E-state index contributed by atoms with van der Waals surface area (Å²) < 4.78 is 5.50. The summed E-state index contributed by atoms with van der Waals surface area (Å²) in [6.07, 6.45) is 7.10. The van der Waals surface area contributed by atoms with Gasteiger partial charge in [0.1, 0.15) is 5.58 Å². The molecule has 0 bridgehead atoms. The molecule has 0 aliphatic heterocycles. The maximum Gasteiger partial charge on any atom is 0.134 e. The van der Waals surface area contributed by atoms with Gasteiger partial charge in [0.15, 0.2) is 0 Å². The molecule has 0 fully saturated rings. The van der Waals surface area contributed by atoms with E-state index in [1.165, 1.54) is 36.6 Å². The molecular formula is C15H21NO. The second-order valence-corrected chi connectivity index (χ2v) is 4.49. The highest BCUT2D eigenvalue weighted by Gasteiger charge is 2.03. The average Bonchev–Trinajstić information content (AvgIpc) is 2.77. The fourth-order valence-electron chi connectivity index (χ4n) is 2.07. The number of nitrogens with one attached hydrogen (secondary N) is 1. The van der Waals surface area contributed by atoms with Crippen molar-refractivity contribution in [2.24, 2.45) is 0 Å². The summed E-state index contributed by atoms with van der Waals surface area (Å²) in [6.45, 7) is 4.24. The zero-order valence-electron chi connectivity index (χ0n) is 10.5. The van der Waals surface area contributed by atoms with Gasteiger partial charge in [-0.1, -0.05) is 44.4 Å². The van der Waals surface area contributed by atoms with Gasteiger partial charge < -0.3 is 9.73 Å². The average molecular weight is 231 g/mol. The number of benzene rings is 1. The Balaban J connectivity index is 1.79. The lowest BCUT2D eigenvalue weighted by atomic mass is 10.1. The van der Waals surface area contributed by atoms with Crippen molar-refractivity contribution in [3.8, 4) is 0 Å². The van der Waals surface area contributed by atoms with E-state index in [0.717, 1.165) is 18.7 Å². The SMILES string of the molecule is CCCCCCNCc1coc2ccccc12. The van der Waals surface area contributed by atoms with Crippen molar-refractivity contribution in [2.75, 3.05) is 6.54 Å². The van der Waals surface area contributed by atoms with Crippen molar-refractivity contribution >= 4 is 11.0 Å². The Kier molecular flexibility index (Phi) is 4.63. The van der Waals surface area contributed by atoms with Crippen LogP contribution >= 0.6 is 0 Å². The largest absolute Gasteiger partial charge is 0.464 e. The minimum Gasteiger partial charge on any atom is -0.464 e. The molecule has 1 aromatic carbocycles. The van der Waals surface area contributed by atoms with Gasteiger partial charge in [0.05, 0.1) is 6.26 Å². The Morgan fingerprint density at radius 2 is 2.00 bits per heavy atom. The molecule has 0 atom stereocenters. The molecule has 0 aliphatic carbocycles. The summed E-state index contributed by atoms with van der Waals surface area (Å²) in [5.74, 6) is 0. The standard InChI is InChI=1S/C15H21NO/c1-2-3-4-7-10-16-11-13-12-17-15-9-6-5-8-14(13)15/h5-6,8-9,12,16H,2-4,7,10-11H2,1H3. The van der Waals surface area contributed by atoms with Crippen LogP contribution in [0.25, 0.3) is 11.0 Å². The molecule has 0 unspecified atom stereocenters. The third-order valence-electron chi connectivity index (χ3n) is 3.08. The van der Waals surface area contributed by atoms with E-state index >= 15 is 0 Å². The van der Waals surface area contributed by atoms with Gasteiger partial charge in [-0.05, 0) is 19.0 Å². The Morgan fingerprint density at radius 1 is 1.12 bits per heavy atom. The van der Waals surface area contributed by atoms with Crippen LogP contribution in [0, 0.1) is 0 Å². The molecular weight excluding hydrogens is 210 g/mol. The number of para-hydroxylation sites is 1. The van der Waals surface area contributed by atoms with Crippen LogP contribution in [0.15, 0.2) is 34.9 Å². The monoisotopic (exact) mass is 231 g/mol. The van der Waals surface area contributed by atoms with Crippen molar-refractivity contribution in [3.63, 3.8) is 0 Å². The minimum atomic E-state index is 0.906. The summed E-state index contributed by atoms with van der Waals surface area (Å²) in [7, 11) is 0. The van der Waals surface area contributed by atoms with Crippen molar-refractivity contribution in [1.29, 1.82) is 0 Å². The first-order valence-corrected chi connectivity index (χ1v) is 6.57. The predicted molar refractivity (Wildman–Crippen MR) is 72.1 cm³/mol. The van der Waals surface area contributed by atoms with Gasteiger partial charge in [-0.25, -0.2) is 0 Å². The lowest BCUT2D eigenvalue weighted by Gasteiger charge is -2.02. The maximum atomic E-state index is 5.50. The molecule has 92 valence electrons. The lowest BCUT2D eigenvalue weighted by molar-refractivity contribution is 0.583. The molecule has 0 saturated heterocycles. The smallest absolute Gasteiger partial charge is 0.134 e. The normalized spacial score (nSPS) is 11.1. The summed E-state index contributed by atoms with van der Waals surface area (Å²) in [6, 6.07) is 8.20. The highest BCUT2D eigenvalue weighted by Crippen LogP contribution is 2.20. The van der Waals surface area contributed by atoms with Gasteiger partial charge in [0, 0.05) is 17.5 Å². The molecule has 0 amide bonds. The number of fused-ring (bicyclic) bond motifs is 1. The molecule has 0 saturated carbocycles. The molecule has 1 heterocycles. The van der Waals surface area contributed by atoms with Gasteiger partial charge in [0.2, 0.25) is 0 Å². The van der Waals surface area contributed by atoms with Crippen molar-refractivity contribution in [2.45, 2.75) is 39.2 Å². The quantitative estimate of drug-likeness (QED) is 0.726. The van der Waals surface area contributed by atoms with Crippen molar-refractivity contribution < 1.29 is 4.42 Å². The molecule has 2 rings (SSSR count). The second-order valence-electron chi connectivity index (χ2n) is 4.49. The maximum absolute atomic E-state index is 5.50. The molecule has 2 aromatic rings. The zero-order valence-corrected chi connectivity index (χ0v) is 10.5.